The minimum absolute atomic E-state index is 0.269. The molecule has 3 amide bonds. The predicted molar refractivity (Wildman–Crippen MR) is 85.9 cm³/mol. The van der Waals surface area contributed by atoms with E-state index in [9.17, 15) is 14.4 Å². The van der Waals surface area contributed by atoms with Crippen molar-refractivity contribution in [3.63, 3.8) is 0 Å². The molecule has 0 saturated carbocycles. The van der Waals surface area contributed by atoms with E-state index >= 15 is 0 Å². The molecule has 2 N–H and O–H groups in total. The average molecular weight is 348 g/mol. The van der Waals surface area contributed by atoms with Crippen molar-refractivity contribution in [2.24, 2.45) is 0 Å². The van der Waals surface area contributed by atoms with Gasteiger partial charge in [-0.1, -0.05) is 12.1 Å². The lowest BCUT2D eigenvalue weighted by molar-refractivity contribution is -0.142. The van der Waals surface area contributed by atoms with Crippen LogP contribution in [0.2, 0.25) is 0 Å². The molecule has 134 valence electrons. The van der Waals surface area contributed by atoms with Crippen LogP contribution in [-0.2, 0) is 19.9 Å². The van der Waals surface area contributed by atoms with Crippen LogP contribution in [0.4, 0.5) is 4.79 Å². The summed E-state index contributed by atoms with van der Waals surface area (Å²) in [5, 5.41) is 11.4. The first kappa shape index (κ1) is 17.2. The van der Waals surface area contributed by atoms with Crippen molar-refractivity contribution < 1.29 is 29.0 Å². The Morgan fingerprint density at radius 3 is 2.68 bits per heavy atom. The van der Waals surface area contributed by atoms with E-state index in [1.807, 2.05) is 0 Å². The highest BCUT2D eigenvalue weighted by molar-refractivity contribution is 6.08. The van der Waals surface area contributed by atoms with E-state index in [2.05, 4.69) is 5.32 Å². The van der Waals surface area contributed by atoms with Gasteiger partial charge in [0.1, 0.15) is 17.8 Å². The molecule has 1 aromatic rings. The molecule has 2 saturated heterocycles. The van der Waals surface area contributed by atoms with Crippen molar-refractivity contribution in [3.05, 3.63) is 29.8 Å². The first-order chi connectivity index (χ1) is 11.9. The molecular formula is C17H20N2O6. The first-order valence-electron chi connectivity index (χ1n) is 8.15. The molecule has 0 bridgehead atoms. The number of imide groups is 1. The maximum atomic E-state index is 12.5. The van der Waals surface area contributed by atoms with Crippen LogP contribution >= 0.6 is 0 Å². The number of benzene rings is 1. The molecule has 0 aromatic heterocycles. The molecule has 3 rings (SSSR count). The molecule has 1 aromatic carbocycles. The fourth-order valence-corrected chi connectivity index (χ4v) is 2.99. The van der Waals surface area contributed by atoms with Crippen LogP contribution in [0.3, 0.4) is 0 Å². The summed E-state index contributed by atoms with van der Waals surface area (Å²) in [5.74, 6) is -1.23. The SMILES string of the molecule is C[C@@]1(c2ccc(O[C@@H]3CCCCO3)cc2)NC(=O)N(CC(=O)O)C1=O. The smallest absolute Gasteiger partial charge is 0.325 e. The third-order valence-corrected chi connectivity index (χ3v) is 4.41. The van der Waals surface area contributed by atoms with Gasteiger partial charge in [-0.2, -0.15) is 0 Å². The van der Waals surface area contributed by atoms with Gasteiger partial charge in [-0.05, 0) is 37.5 Å². The highest BCUT2D eigenvalue weighted by atomic mass is 16.7. The summed E-state index contributed by atoms with van der Waals surface area (Å²) in [6.07, 6.45) is 2.65. The van der Waals surface area contributed by atoms with Gasteiger partial charge in [0.15, 0.2) is 6.29 Å². The highest BCUT2D eigenvalue weighted by Crippen LogP contribution is 2.30. The van der Waals surface area contributed by atoms with Gasteiger partial charge in [0.05, 0.1) is 6.61 Å². The number of carboxylic acid groups (broad SMARTS) is 1. The number of nitrogens with one attached hydrogen (secondary N) is 1. The molecule has 0 radical (unpaired) electrons. The maximum Gasteiger partial charge on any atom is 0.325 e. The van der Waals surface area contributed by atoms with Gasteiger partial charge in [-0.3, -0.25) is 14.5 Å². The molecule has 2 atom stereocenters. The van der Waals surface area contributed by atoms with E-state index < -0.39 is 30.0 Å². The van der Waals surface area contributed by atoms with E-state index in [0.29, 0.717) is 22.8 Å². The number of carboxylic acids is 1. The molecule has 0 unspecified atom stereocenters. The van der Waals surface area contributed by atoms with Crippen LogP contribution in [0.25, 0.3) is 0 Å². The van der Waals surface area contributed by atoms with Gasteiger partial charge in [0.2, 0.25) is 0 Å². The highest BCUT2D eigenvalue weighted by Gasteiger charge is 2.49. The van der Waals surface area contributed by atoms with E-state index in [4.69, 9.17) is 14.6 Å². The van der Waals surface area contributed by atoms with Crippen molar-refractivity contribution >= 4 is 17.9 Å². The third-order valence-electron chi connectivity index (χ3n) is 4.41. The van der Waals surface area contributed by atoms with Crippen LogP contribution in [0.1, 0.15) is 31.7 Å². The molecule has 8 nitrogen and oxygen atoms in total. The number of carbonyl (C=O) groups is 3. The number of urea groups is 1. The third kappa shape index (κ3) is 3.43. The summed E-state index contributed by atoms with van der Waals surface area (Å²) in [4.78, 5) is 36.0. The maximum absolute atomic E-state index is 12.5. The molecule has 2 aliphatic heterocycles. The van der Waals surface area contributed by atoms with Crippen LogP contribution in [0.15, 0.2) is 24.3 Å². The number of amides is 3. The lowest BCUT2D eigenvalue weighted by Gasteiger charge is -2.25. The molecule has 0 spiro atoms. The van der Waals surface area contributed by atoms with E-state index in [-0.39, 0.29) is 6.29 Å². The zero-order valence-corrected chi connectivity index (χ0v) is 13.9. The number of hydrogen-bond donors (Lipinski definition) is 2. The van der Waals surface area contributed by atoms with Crippen molar-refractivity contribution in [2.45, 2.75) is 38.0 Å². The summed E-state index contributed by atoms with van der Waals surface area (Å²) < 4.78 is 11.3. The number of ether oxygens (including phenoxy) is 2. The van der Waals surface area contributed by atoms with Gasteiger partial charge >= 0.3 is 12.0 Å². The molecule has 2 fully saturated rings. The molecule has 8 heteroatoms. The van der Waals surface area contributed by atoms with Crippen molar-refractivity contribution in [1.82, 2.24) is 10.2 Å². The summed E-state index contributed by atoms with van der Waals surface area (Å²) in [7, 11) is 0. The number of nitrogens with zero attached hydrogens (tertiary/aromatic N) is 1. The Hall–Kier alpha value is -2.61. The Balaban J connectivity index is 1.73. The zero-order chi connectivity index (χ0) is 18.0. The minimum Gasteiger partial charge on any atom is -0.480 e. The topological polar surface area (TPSA) is 105 Å². The first-order valence-corrected chi connectivity index (χ1v) is 8.15. The van der Waals surface area contributed by atoms with Crippen molar-refractivity contribution in [1.29, 1.82) is 0 Å². The lowest BCUT2D eigenvalue weighted by Crippen LogP contribution is -2.41. The molecule has 25 heavy (non-hydrogen) atoms. The number of carbonyl (C=O) groups excluding carboxylic acids is 2. The minimum atomic E-state index is -1.30. The van der Waals surface area contributed by atoms with Gasteiger partial charge in [-0.25, -0.2) is 4.79 Å². The Morgan fingerprint density at radius 1 is 1.36 bits per heavy atom. The summed E-state index contributed by atoms with van der Waals surface area (Å²) in [5.41, 5.74) is -0.748. The van der Waals surface area contributed by atoms with E-state index in [1.165, 1.54) is 0 Å². The summed E-state index contributed by atoms with van der Waals surface area (Å²) in [6.45, 7) is 1.57. The fraction of sp³-hybridized carbons (Fsp3) is 0.471. The Bertz CT molecular complexity index is 683. The van der Waals surface area contributed by atoms with E-state index in [1.54, 1.807) is 31.2 Å². The molecular weight excluding hydrogens is 328 g/mol. The fourth-order valence-electron chi connectivity index (χ4n) is 2.99. The molecule has 2 aliphatic rings. The van der Waals surface area contributed by atoms with Crippen LogP contribution in [0, 0.1) is 0 Å². The second-order valence-electron chi connectivity index (χ2n) is 6.28. The Morgan fingerprint density at radius 2 is 2.08 bits per heavy atom. The second-order valence-corrected chi connectivity index (χ2v) is 6.28. The van der Waals surface area contributed by atoms with Gasteiger partial charge < -0.3 is 19.9 Å². The second kappa shape index (κ2) is 6.72. The largest absolute Gasteiger partial charge is 0.480 e. The lowest BCUT2D eigenvalue weighted by atomic mass is 9.92. The van der Waals surface area contributed by atoms with Gasteiger partial charge in [0, 0.05) is 6.42 Å². The van der Waals surface area contributed by atoms with Crippen molar-refractivity contribution in [2.75, 3.05) is 13.2 Å². The van der Waals surface area contributed by atoms with Crippen molar-refractivity contribution in [3.8, 4) is 5.75 Å². The van der Waals surface area contributed by atoms with Crippen LogP contribution < -0.4 is 10.1 Å². The zero-order valence-electron chi connectivity index (χ0n) is 13.9. The standard InChI is InChI=1S/C17H20N2O6/c1-17(15(22)19(10-13(20)21)16(23)18-17)11-5-7-12(8-6-11)25-14-4-2-3-9-24-14/h5-8,14H,2-4,9-10H2,1H3,(H,18,23)(H,20,21)/t14-,17+/m1/s1. The molecule has 0 aliphatic carbocycles. The predicted octanol–water partition coefficient (Wildman–Crippen LogP) is 1.44. The van der Waals surface area contributed by atoms with Gasteiger partial charge in [-0.15, -0.1) is 0 Å². The van der Waals surface area contributed by atoms with Gasteiger partial charge in [0.25, 0.3) is 5.91 Å². The van der Waals surface area contributed by atoms with Crippen LogP contribution in [-0.4, -0.2) is 47.4 Å². The summed E-state index contributed by atoms with van der Waals surface area (Å²) in [6, 6.07) is 6.06. The number of rotatable bonds is 5. The Kier molecular flexibility index (Phi) is 4.63. The number of aliphatic carboxylic acids is 1. The monoisotopic (exact) mass is 348 g/mol. The molecule has 2 heterocycles. The Labute approximate surface area is 144 Å². The quantitative estimate of drug-likeness (QED) is 0.780. The van der Waals surface area contributed by atoms with Crippen LogP contribution in [0.5, 0.6) is 5.75 Å². The van der Waals surface area contributed by atoms with E-state index in [0.717, 1.165) is 19.3 Å². The number of hydrogen-bond acceptors (Lipinski definition) is 5. The summed E-state index contributed by atoms with van der Waals surface area (Å²) >= 11 is 0. The average Bonchev–Trinajstić information content (AvgIpc) is 2.80. The normalized spacial score (nSPS) is 26.4.